The van der Waals surface area contributed by atoms with E-state index in [1.807, 2.05) is 24.3 Å². The Kier molecular flexibility index (Phi) is 7.90. The summed E-state index contributed by atoms with van der Waals surface area (Å²) >= 11 is 0. The molecular weight excluding hydrogens is 532 g/mol. The normalized spacial score (nSPS) is 16.6. The number of hydrogen-bond donors (Lipinski definition) is 1. The molecule has 40 heavy (non-hydrogen) atoms. The zero-order chi connectivity index (χ0) is 28.3. The van der Waals surface area contributed by atoms with Crippen molar-refractivity contribution in [1.29, 1.82) is 0 Å². The van der Waals surface area contributed by atoms with Gasteiger partial charge in [-0.2, -0.15) is 4.31 Å². The van der Waals surface area contributed by atoms with E-state index in [9.17, 15) is 23.3 Å². The van der Waals surface area contributed by atoms with Crippen molar-refractivity contribution in [3.05, 3.63) is 82.9 Å². The molecule has 0 radical (unpaired) electrons. The third kappa shape index (κ3) is 5.87. The zero-order valence-electron chi connectivity index (χ0n) is 22.3. The number of nitro groups is 1. The molecule has 3 aromatic rings. The highest BCUT2D eigenvalue weighted by atomic mass is 32.2. The molecule has 0 bridgehead atoms. The molecule has 0 atom stereocenters. The minimum absolute atomic E-state index is 0.0702. The number of anilines is 4. The van der Waals surface area contributed by atoms with Crippen molar-refractivity contribution in [2.45, 2.75) is 11.8 Å². The minimum Gasteiger partial charge on any atom is -0.369 e. The molecular formula is C28H32N6O5S. The molecule has 0 spiro atoms. The van der Waals surface area contributed by atoms with Crippen molar-refractivity contribution in [2.24, 2.45) is 0 Å². The zero-order valence-corrected chi connectivity index (χ0v) is 23.1. The van der Waals surface area contributed by atoms with Gasteiger partial charge in [0.2, 0.25) is 15.9 Å². The second kappa shape index (κ2) is 11.5. The Labute approximate surface area is 233 Å². The Bertz CT molecular complexity index is 1470. The molecule has 5 rings (SSSR count). The van der Waals surface area contributed by atoms with Crippen molar-refractivity contribution < 1.29 is 18.1 Å². The molecule has 0 unspecified atom stereocenters. The second-order valence-corrected chi connectivity index (χ2v) is 11.8. The van der Waals surface area contributed by atoms with E-state index in [-0.39, 0.29) is 34.5 Å². The molecule has 3 aromatic carbocycles. The molecule has 2 saturated heterocycles. The number of carbonyl (C=O) groups excluding carboxylic acids is 1. The summed E-state index contributed by atoms with van der Waals surface area (Å²) in [7, 11) is -3.69. The number of para-hydroxylation sites is 1. The van der Waals surface area contributed by atoms with Crippen LogP contribution in [0.1, 0.15) is 6.92 Å². The first kappa shape index (κ1) is 27.4. The van der Waals surface area contributed by atoms with E-state index in [0.29, 0.717) is 37.6 Å². The maximum absolute atomic E-state index is 13.2. The van der Waals surface area contributed by atoms with Crippen LogP contribution >= 0.6 is 0 Å². The molecule has 2 fully saturated rings. The number of rotatable bonds is 7. The maximum atomic E-state index is 13.2. The fraction of sp³-hybridized carbons (Fsp3) is 0.321. The first-order chi connectivity index (χ1) is 19.2. The Morgan fingerprint density at radius 1 is 0.775 bits per heavy atom. The van der Waals surface area contributed by atoms with E-state index < -0.39 is 10.0 Å². The highest BCUT2D eigenvalue weighted by Crippen LogP contribution is 2.34. The van der Waals surface area contributed by atoms with Crippen LogP contribution in [-0.2, 0) is 14.8 Å². The van der Waals surface area contributed by atoms with Crippen LogP contribution in [0.25, 0.3) is 0 Å². The predicted octanol–water partition coefficient (Wildman–Crippen LogP) is 3.39. The summed E-state index contributed by atoms with van der Waals surface area (Å²) in [6.45, 7) is 5.73. The number of nitrogens with one attached hydrogen (secondary N) is 1. The number of nitro benzene ring substituents is 1. The highest BCUT2D eigenvalue weighted by Gasteiger charge is 2.30. The van der Waals surface area contributed by atoms with E-state index in [1.165, 1.54) is 23.4 Å². The lowest BCUT2D eigenvalue weighted by molar-refractivity contribution is -0.384. The average molecular weight is 565 g/mol. The van der Waals surface area contributed by atoms with E-state index >= 15 is 0 Å². The summed E-state index contributed by atoms with van der Waals surface area (Å²) in [5.74, 6) is -0.226. The topological polar surface area (TPSA) is 119 Å². The van der Waals surface area contributed by atoms with Crippen molar-refractivity contribution >= 4 is 44.4 Å². The van der Waals surface area contributed by atoms with Gasteiger partial charge in [-0.25, -0.2) is 8.42 Å². The quantitative estimate of drug-likeness (QED) is 0.343. The molecule has 12 heteroatoms. The van der Waals surface area contributed by atoms with Gasteiger partial charge in [0.15, 0.2) is 0 Å². The van der Waals surface area contributed by atoms with Gasteiger partial charge in [-0.05, 0) is 48.5 Å². The lowest BCUT2D eigenvalue weighted by Crippen LogP contribution is -2.49. The molecule has 2 heterocycles. The predicted molar refractivity (Wildman–Crippen MR) is 156 cm³/mol. The lowest BCUT2D eigenvalue weighted by Gasteiger charge is -2.38. The monoisotopic (exact) mass is 564 g/mol. The third-order valence-corrected chi connectivity index (χ3v) is 9.23. The molecule has 210 valence electrons. The van der Waals surface area contributed by atoms with Crippen LogP contribution in [0.15, 0.2) is 77.7 Å². The Morgan fingerprint density at radius 2 is 1.35 bits per heavy atom. The standard InChI is InChI=1S/C28H32N6O5S/c1-22(35)29-23-7-10-26(11-8-23)40(38,39)33-19-17-31(18-20-33)25-9-12-27(34(36)37)28(21-25)32-15-13-30(14-16-32)24-5-3-2-4-6-24/h2-12,21H,13-20H2,1H3,(H,29,35). The van der Waals surface area contributed by atoms with Gasteiger partial charge in [0, 0.05) is 82.4 Å². The average Bonchev–Trinajstić information content (AvgIpc) is 2.97. The van der Waals surface area contributed by atoms with Gasteiger partial charge in [-0.3, -0.25) is 14.9 Å². The van der Waals surface area contributed by atoms with Crippen LogP contribution < -0.4 is 20.0 Å². The molecule has 0 saturated carbocycles. The van der Waals surface area contributed by atoms with Crippen LogP contribution in [0, 0.1) is 10.1 Å². The van der Waals surface area contributed by atoms with Gasteiger partial charge >= 0.3 is 0 Å². The fourth-order valence-corrected chi connectivity index (χ4v) is 6.63. The van der Waals surface area contributed by atoms with Crippen molar-refractivity contribution in [3.63, 3.8) is 0 Å². The van der Waals surface area contributed by atoms with Crippen molar-refractivity contribution in [2.75, 3.05) is 72.4 Å². The van der Waals surface area contributed by atoms with Crippen LogP contribution in [0.4, 0.5) is 28.4 Å². The van der Waals surface area contributed by atoms with Crippen LogP contribution in [0.3, 0.4) is 0 Å². The smallest absolute Gasteiger partial charge is 0.292 e. The largest absolute Gasteiger partial charge is 0.369 e. The van der Waals surface area contributed by atoms with Crippen LogP contribution in [-0.4, -0.2) is 75.9 Å². The number of hydrogen-bond acceptors (Lipinski definition) is 8. The summed E-state index contributed by atoms with van der Waals surface area (Å²) in [4.78, 5) is 29.3. The van der Waals surface area contributed by atoms with E-state index in [2.05, 4.69) is 32.1 Å². The molecule has 0 aliphatic carbocycles. The number of amides is 1. The number of piperazine rings is 2. The van der Waals surface area contributed by atoms with Crippen molar-refractivity contribution in [1.82, 2.24) is 4.31 Å². The molecule has 1 N–H and O–H groups in total. The van der Waals surface area contributed by atoms with Gasteiger partial charge in [0.1, 0.15) is 5.69 Å². The van der Waals surface area contributed by atoms with Gasteiger partial charge < -0.3 is 20.0 Å². The first-order valence-corrected chi connectivity index (χ1v) is 14.6. The molecule has 2 aliphatic rings. The Morgan fingerprint density at radius 3 is 1.95 bits per heavy atom. The van der Waals surface area contributed by atoms with Gasteiger partial charge in [0.25, 0.3) is 5.69 Å². The third-order valence-electron chi connectivity index (χ3n) is 7.31. The summed E-state index contributed by atoms with van der Waals surface area (Å²) in [5, 5.41) is 14.5. The number of carbonyl (C=O) groups is 1. The van der Waals surface area contributed by atoms with Gasteiger partial charge in [-0.15, -0.1) is 0 Å². The number of benzene rings is 3. The summed E-state index contributed by atoms with van der Waals surface area (Å²) in [6.07, 6.45) is 0. The summed E-state index contributed by atoms with van der Waals surface area (Å²) in [5.41, 5.74) is 3.17. The second-order valence-electron chi connectivity index (χ2n) is 9.84. The molecule has 11 nitrogen and oxygen atoms in total. The van der Waals surface area contributed by atoms with E-state index in [4.69, 9.17) is 0 Å². The molecule has 2 aliphatic heterocycles. The van der Waals surface area contributed by atoms with Gasteiger partial charge in [-0.1, -0.05) is 18.2 Å². The van der Waals surface area contributed by atoms with E-state index in [0.717, 1.165) is 24.5 Å². The Hall–Kier alpha value is -4.16. The highest BCUT2D eigenvalue weighted by molar-refractivity contribution is 7.89. The fourth-order valence-electron chi connectivity index (χ4n) is 5.21. The first-order valence-electron chi connectivity index (χ1n) is 13.2. The number of sulfonamides is 1. The van der Waals surface area contributed by atoms with Crippen LogP contribution in [0.5, 0.6) is 0 Å². The lowest BCUT2D eigenvalue weighted by atomic mass is 10.1. The van der Waals surface area contributed by atoms with Crippen LogP contribution in [0.2, 0.25) is 0 Å². The maximum Gasteiger partial charge on any atom is 0.292 e. The SMILES string of the molecule is CC(=O)Nc1ccc(S(=O)(=O)N2CCN(c3ccc([N+](=O)[O-])c(N4CCN(c5ccccc5)CC4)c3)CC2)cc1. The van der Waals surface area contributed by atoms with Gasteiger partial charge in [0.05, 0.1) is 9.82 Å². The molecule has 0 aromatic heterocycles. The molecule has 1 amide bonds. The van der Waals surface area contributed by atoms with Crippen molar-refractivity contribution in [3.8, 4) is 0 Å². The minimum atomic E-state index is -3.69. The van der Waals surface area contributed by atoms with E-state index in [1.54, 1.807) is 24.3 Å². The number of nitrogens with zero attached hydrogens (tertiary/aromatic N) is 5. The summed E-state index contributed by atoms with van der Waals surface area (Å²) < 4.78 is 27.9. The summed E-state index contributed by atoms with van der Waals surface area (Å²) in [6, 6.07) is 21.4. The Balaban J connectivity index is 1.26.